The molecule has 414 valence electrons. The number of hydrogen-bond acceptors (Lipinski definition) is 6. The fourth-order valence-electron chi connectivity index (χ4n) is 9.05. The van der Waals surface area contributed by atoms with Crippen molar-refractivity contribution in [2.45, 2.75) is 309 Å². The number of carbonyl (C=O) groups is 1. The lowest BCUT2D eigenvalue weighted by Crippen LogP contribution is -2.45. The van der Waals surface area contributed by atoms with Gasteiger partial charge in [0.05, 0.1) is 39.9 Å². The van der Waals surface area contributed by atoms with E-state index in [1.165, 1.54) is 238 Å². The van der Waals surface area contributed by atoms with Crippen molar-refractivity contribution in [3.63, 3.8) is 0 Å². The number of carbonyl (C=O) groups excluding carboxylic acids is 1. The van der Waals surface area contributed by atoms with E-state index in [2.05, 4.69) is 43.5 Å². The van der Waals surface area contributed by atoms with Crippen molar-refractivity contribution in [3.05, 3.63) is 36.5 Å². The average molecular weight is 1010 g/mol. The van der Waals surface area contributed by atoms with Gasteiger partial charge in [-0.3, -0.25) is 9.36 Å². The summed E-state index contributed by atoms with van der Waals surface area (Å²) in [5, 5.41) is 13.9. The highest BCUT2D eigenvalue weighted by Gasteiger charge is 2.23. The SMILES string of the molecule is CCCCCCCCC/C=C\CCCCCCCCCC(=O)NC(COP(=O)([O-])OCC[N+](C)(C)C)C(O)/C=C/CC/C=C/CCCCCCCCCCCCCCCCCCCCCCCCCC. The molecule has 0 aromatic rings. The van der Waals surface area contributed by atoms with Gasteiger partial charge >= 0.3 is 0 Å². The third-order valence-corrected chi connectivity index (χ3v) is 14.8. The maximum Gasteiger partial charge on any atom is 0.268 e. The van der Waals surface area contributed by atoms with E-state index >= 15 is 0 Å². The summed E-state index contributed by atoms with van der Waals surface area (Å²) in [5.41, 5.74) is 0. The molecule has 0 aromatic carbocycles. The Morgan fingerprint density at radius 1 is 0.486 bits per heavy atom. The molecule has 9 heteroatoms. The van der Waals surface area contributed by atoms with Gasteiger partial charge in [-0.15, -0.1) is 0 Å². The first kappa shape index (κ1) is 68.7. The molecular weight excluding hydrogens is 888 g/mol. The van der Waals surface area contributed by atoms with Crippen molar-refractivity contribution >= 4 is 13.7 Å². The molecule has 8 nitrogen and oxygen atoms in total. The lowest BCUT2D eigenvalue weighted by atomic mass is 10.0. The summed E-state index contributed by atoms with van der Waals surface area (Å²) in [5.74, 6) is -0.209. The number of unbranched alkanes of at least 4 members (excludes halogenated alkanes) is 39. The second-order valence-electron chi connectivity index (χ2n) is 22.0. The van der Waals surface area contributed by atoms with E-state index in [0.717, 1.165) is 38.5 Å². The number of phosphoric acid groups is 1. The first-order chi connectivity index (χ1) is 34.0. The van der Waals surface area contributed by atoms with Crippen LogP contribution in [0.4, 0.5) is 0 Å². The monoisotopic (exact) mass is 1010 g/mol. The van der Waals surface area contributed by atoms with Crippen molar-refractivity contribution in [2.24, 2.45) is 0 Å². The van der Waals surface area contributed by atoms with Crippen LogP contribution in [0.3, 0.4) is 0 Å². The van der Waals surface area contributed by atoms with Crippen LogP contribution in [0.15, 0.2) is 36.5 Å². The lowest BCUT2D eigenvalue weighted by molar-refractivity contribution is -0.870. The lowest BCUT2D eigenvalue weighted by Gasteiger charge is -2.29. The van der Waals surface area contributed by atoms with Gasteiger partial charge in [0.25, 0.3) is 7.82 Å². The topological polar surface area (TPSA) is 108 Å². The van der Waals surface area contributed by atoms with E-state index in [0.29, 0.717) is 17.4 Å². The summed E-state index contributed by atoms with van der Waals surface area (Å²) in [6.45, 7) is 4.66. The molecule has 0 aromatic heterocycles. The van der Waals surface area contributed by atoms with Gasteiger partial charge in [-0.25, -0.2) is 0 Å². The smallest absolute Gasteiger partial charge is 0.268 e. The Labute approximate surface area is 436 Å². The predicted molar refractivity (Wildman–Crippen MR) is 302 cm³/mol. The first-order valence-corrected chi connectivity index (χ1v) is 31.8. The Balaban J connectivity index is 4.17. The van der Waals surface area contributed by atoms with Crippen LogP contribution in [0.25, 0.3) is 0 Å². The molecule has 0 aliphatic carbocycles. The molecule has 0 aliphatic heterocycles. The first-order valence-electron chi connectivity index (χ1n) is 30.4. The van der Waals surface area contributed by atoms with Gasteiger partial charge < -0.3 is 28.8 Å². The van der Waals surface area contributed by atoms with Gasteiger partial charge in [-0.1, -0.05) is 269 Å². The van der Waals surface area contributed by atoms with Crippen molar-refractivity contribution in [2.75, 3.05) is 40.9 Å². The van der Waals surface area contributed by atoms with Crippen LogP contribution < -0.4 is 10.2 Å². The molecule has 0 radical (unpaired) electrons. The molecule has 3 unspecified atom stereocenters. The number of amides is 1. The summed E-state index contributed by atoms with van der Waals surface area (Å²) in [7, 11) is 1.25. The molecule has 0 bridgehead atoms. The molecule has 2 N–H and O–H groups in total. The largest absolute Gasteiger partial charge is 0.756 e. The average Bonchev–Trinajstić information content (AvgIpc) is 3.32. The van der Waals surface area contributed by atoms with Gasteiger partial charge in [0.1, 0.15) is 13.2 Å². The number of rotatable bonds is 56. The van der Waals surface area contributed by atoms with E-state index in [1.807, 2.05) is 27.2 Å². The molecule has 0 saturated heterocycles. The van der Waals surface area contributed by atoms with Crippen LogP contribution in [-0.4, -0.2) is 68.5 Å². The van der Waals surface area contributed by atoms with Crippen molar-refractivity contribution < 1.29 is 32.9 Å². The van der Waals surface area contributed by atoms with Crippen molar-refractivity contribution in [1.82, 2.24) is 5.32 Å². The molecule has 0 aliphatic rings. The van der Waals surface area contributed by atoms with Gasteiger partial charge in [-0.05, 0) is 57.8 Å². The zero-order chi connectivity index (χ0) is 51.3. The normalized spacial score (nSPS) is 14.1. The van der Waals surface area contributed by atoms with Crippen LogP contribution in [-0.2, 0) is 18.4 Å². The number of phosphoric ester groups is 1. The molecule has 0 spiro atoms. The molecule has 70 heavy (non-hydrogen) atoms. The van der Waals surface area contributed by atoms with E-state index in [-0.39, 0.29) is 12.5 Å². The Bertz CT molecular complexity index is 1230. The number of allylic oxidation sites excluding steroid dienone is 5. The second kappa shape index (κ2) is 52.6. The third kappa shape index (κ3) is 54.5. The highest BCUT2D eigenvalue weighted by molar-refractivity contribution is 7.45. The summed E-state index contributed by atoms with van der Waals surface area (Å²) in [4.78, 5) is 25.5. The van der Waals surface area contributed by atoms with E-state index < -0.39 is 26.6 Å². The summed E-state index contributed by atoms with van der Waals surface area (Å²) >= 11 is 0. The van der Waals surface area contributed by atoms with Gasteiger partial charge in [0.15, 0.2) is 0 Å². The summed E-state index contributed by atoms with van der Waals surface area (Å²) in [6.07, 6.45) is 68.1. The molecule has 0 heterocycles. The number of nitrogens with zero attached hydrogens (tertiary/aromatic N) is 1. The van der Waals surface area contributed by atoms with Crippen LogP contribution in [0, 0.1) is 0 Å². The number of nitrogens with one attached hydrogen (secondary N) is 1. The zero-order valence-corrected chi connectivity index (χ0v) is 48.1. The van der Waals surface area contributed by atoms with Crippen LogP contribution in [0.1, 0.15) is 296 Å². The summed E-state index contributed by atoms with van der Waals surface area (Å²) < 4.78 is 23.3. The number of hydrogen-bond donors (Lipinski definition) is 2. The Morgan fingerprint density at radius 2 is 0.800 bits per heavy atom. The molecule has 3 atom stereocenters. The minimum Gasteiger partial charge on any atom is -0.756 e. The highest BCUT2D eigenvalue weighted by Crippen LogP contribution is 2.38. The number of quaternary nitrogens is 1. The maximum absolute atomic E-state index is 13.0. The highest BCUT2D eigenvalue weighted by atomic mass is 31.2. The Hall–Kier alpha value is -1.28. The standard InChI is InChI=1S/C61H119N2O6P/c1-6-8-10-12-14-16-18-20-22-24-26-27-28-29-30-31-32-33-34-35-36-37-38-40-42-44-46-48-50-52-54-60(64)59(58-69-70(66,67)68-57-56-63(3,4)5)62-61(65)55-53-51-49-47-45-43-41-39-25-23-21-19-17-15-13-11-9-7-2/h23,25,44,46,52,54,59-60,64H,6-22,24,26-43,45,47-51,53,55-58H2,1-5H3,(H-,62,65,66,67)/b25-23-,46-44+,54-52+. The van der Waals surface area contributed by atoms with Crippen LogP contribution in [0.5, 0.6) is 0 Å². The van der Waals surface area contributed by atoms with Crippen molar-refractivity contribution in [3.8, 4) is 0 Å². The van der Waals surface area contributed by atoms with E-state index in [9.17, 15) is 19.4 Å². The summed E-state index contributed by atoms with van der Waals surface area (Å²) in [6, 6.07) is -0.906. The molecule has 1 amide bonds. The number of likely N-dealkylation sites (N-methyl/N-ethyl adjacent to an activating group) is 1. The van der Waals surface area contributed by atoms with E-state index in [4.69, 9.17) is 9.05 Å². The van der Waals surface area contributed by atoms with E-state index in [1.54, 1.807) is 6.08 Å². The third-order valence-electron chi connectivity index (χ3n) is 13.8. The molecule has 0 fully saturated rings. The number of aliphatic hydroxyl groups is 1. The predicted octanol–water partition coefficient (Wildman–Crippen LogP) is 17.9. The van der Waals surface area contributed by atoms with Gasteiger partial charge in [0.2, 0.25) is 5.91 Å². The molecule has 0 saturated carbocycles. The second-order valence-corrected chi connectivity index (χ2v) is 23.5. The number of aliphatic hydroxyl groups excluding tert-OH is 1. The van der Waals surface area contributed by atoms with Crippen LogP contribution in [0.2, 0.25) is 0 Å². The molecular formula is C61H119N2O6P. The maximum atomic E-state index is 13.0. The minimum atomic E-state index is -4.61. The van der Waals surface area contributed by atoms with Gasteiger partial charge in [-0.2, -0.15) is 0 Å². The quantitative estimate of drug-likeness (QED) is 0.0272. The van der Waals surface area contributed by atoms with Crippen LogP contribution >= 0.6 is 7.82 Å². The van der Waals surface area contributed by atoms with Gasteiger partial charge in [0, 0.05) is 6.42 Å². The Morgan fingerprint density at radius 3 is 1.16 bits per heavy atom. The Kier molecular flexibility index (Phi) is 51.6. The molecule has 0 rings (SSSR count). The minimum absolute atomic E-state index is 0.00660. The zero-order valence-electron chi connectivity index (χ0n) is 47.2. The van der Waals surface area contributed by atoms with Crippen molar-refractivity contribution in [1.29, 1.82) is 0 Å². The fourth-order valence-corrected chi connectivity index (χ4v) is 9.77. The fraction of sp³-hybridized carbons (Fsp3) is 0.885.